The zero-order chi connectivity index (χ0) is 25.2. The number of rotatable bonds is 6. The van der Waals surface area contributed by atoms with E-state index in [9.17, 15) is 0 Å². The van der Waals surface area contributed by atoms with Crippen LogP contribution in [0.3, 0.4) is 0 Å². The number of nitrogens with one attached hydrogen (secondary N) is 1. The van der Waals surface area contributed by atoms with Gasteiger partial charge in [-0.3, -0.25) is 4.90 Å². The molecule has 0 amide bonds. The van der Waals surface area contributed by atoms with Gasteiger partial charge in [0, 0.05) is 26.2 Å². The van der Waals surface area contributed by atoms with Crippen molar-refractivity contribution in [3.63, 3.8) is 0 Å². The molecule has 37 heavy (non-hydrogen) atoms. The molecule has 1 fully saturated rings. The Hall–Kier alpha value is -4.01. The second-order valence-corrected chi connectivity index (χ2v) is 10.4. The summed E-state index contributed by atoms with van der Waals surface area (Å²) in [6, 6.07) is 27.9. The fourth-order valence-corrected chi connectivity index (χ4v) is 5.96. The fourth-order valence-electron chi connectivity index (χ4n) is 5.00. The van der Waals surface area contributed by atoms with Gasteiger partial charge in [-0.15, -0.1) is 0 Å². The van der Waals surface area contributed by atoms with Crippen LogP contribution < -0.4 is 16.0 Å². The average molecular weight is 508 g/mol. The molecule has 3 heterocycles. The van der Waals surface area contributed by atoms with Gasteiger partial charge in [-0.1, -0.05) is 78.1 Å². The highest BCUT2D eigenvalue weighted by molar-refractivity contribution is 7.22. The normalized spacial score (nSPS) is 14.4. The molecule has 0 saturated carbocycles. The molecule has 8 heteroatoms. The second-order valence-electron chi connectivity index (χ2n) is 9.32. The first kappa shape index (κ1) is 23.4. The Morgan fingerprint density at radius 3 is 2.22 bits per heavy atom. The lowest BCUT2D eigenvalue weighted by Gasteiger charge is -2.40. The summed E-state index contributed by atoms with van der Waals surface area (Å²) in [5, 5.41) is 4.10. The molecule has 1 saturated heterocycles. The van der Waals surface area contributed by atoms with Crippen LogP contribution in [0.15, 0.2) is 85.2 Å². The number of benzene rings is 3. The standard InChI is InChI=1S/C29H29N7S/c1-20-12-13-23-24(18-20)37-29(33-23)34-27-25(30)28(32-19-31-27)36-16-14-35(15-17-36)26(21-8-4-2-5-9-21)22-10-6-3-7-11-22/h2-13,18-19,26H,14-17,30H2,1H3,(H,31,32,33,34). The van der Waals surface area contributed by atoms with E-state index in [4.69, 9.17) is 10.7 Å². The summed E-state index contributed by atoms with van der Waals surface area (Å²) in [4.78, 5) is 18.5. The van der Waals surface area contributed by atoms with Crippen LogP contribution in [0.2, 0.25) is 0 Å². The van der Waals surface area contributed by atoms with Crippen LogP contribution in [0.1, 0.15) is 22.7 Å². The average Bonchev–Trinajstić information content (AvgIpc) is 3.33. The molecule has 3 N–H and O–H groups in total. The number of nitrogen functional groups attached to an aromatic ring is 1. The van der Waals surface area contributed by atoms with Crippen molar-refractivity contribution >= 4 is 44.0 Å². The number of aryl methyl sites for hydroxylation is 1. The smallest absolute Gasteiger partial charge is 0.189 e. The molecule has 3 aromatic carbocycles. The van der Waals surface area contributed by atoms with Crippen molar-refractivity contribution in [1.82, 2.24) is 19.9 Å². The molecule has 2 aromatic heterocycles. The molecule has 0 radical (unpaired) electrons. The SMILES string of the molecule is Cc1ccc2nc(Nc3ncnc(N4CCN(C(c5ccccc5)c5ccccc5)CC4)c3N)sc2c1. The third-order valence-electron chi connectivity index (χ3n) is 6.84. The monoisotopic (exact) mass is 507 g/mol. The minimum atomic E-state index is 0.215. The Balaban J connectivity index is 1.20. The van der Waals surface area contributed by atoms with Gasteiger partial charge < -0.3 is 16.0 Å². The zero-order valence-electron chi connectivity index (χ0n) is 20.7. The molecule has 6 rings (SSSR count). The summed E-state index contributed by atoms with van der Waals surface area (Å²) >= 11 is 1.60. The van der Waals surface area contributed by atoms with Gasteiger partial charge in [0.1, 0.15) is 12.0 Å². The van der Waals surface area contributed by atoms with Gasteiger partial charge in [-0.25, -0.2) is 15.0 Å². The summed E-state index contributed by atoms with van der Waals surface area (Å²) in [5.74, 6) is 1.36. The van der Waals surface area contributed by atoms with Crippen molar-refractivity contribution in [3.05, 3.63) is 102 Å². The van der Waals surface area contributed by atoms with Crippen molar-refractivity contribution in [2.75, 3.05) is 42.1 Å². The van der Waals surface area contributed by atoms with E-state index < -0.39 is 0 Å². The molecular formula is C29H29N7S. The third kappa shape index (κ3) is 4.85. The summed E-state index contributed by atoms with van der Waals surface area (Å²) in [7, 11) is 0. The van der Waals surface area contributed by atoms with Gasteiger partial charge in [-0.2, -0.15) is 0 Å². The number of aromatic nitrogens is 3. The van der Waals surface area contributed by atoms with Crippen molar-refractivity contribution in [3.8, 4) is 0 Å². The summed E-state index contributed by atoms with van der Waals surface area (Å²) in [5.41, 5.74) is 11.9. The number of anilines is 4. The molecule has 0 unspecified atom stereocenters. The third-order valence-corrected chi connectivity index (χ3v) is 7.78. The van der Waals surface area contributed by atoms with E-state index in [1.165, 1.54) is 16.7 Å². The number of hydrogen-bond acceptors (Lipinski definition) is 8. The molecule has 1 aliphatic heterocycles. The van der Waals surface area contributed by atoms with Crippen LogP contribution >= 0.6 is 11.3 Å². The van der Waals surface area contributed by atoms with Gasteiger partial charge in [0.05, 0.1) is 16.3 Å². The number of thiazole rings is 1. The number of fused-ring (bicyclic) bond motifs is 1. The highest BCUT2D eigenvalue weighted by atomic mass is 32.1. The predicted molar refractivity (Wildman–Crippen MR) is 153 cm³/mol. The Bertz CT molecular complexity index is 1460. The maximum Gasteiger partial charge on any atom is 0.189 e. The first-order valence-electron chi connectivity index (χ1n) is 12.5. The minimum Gasteiger partial charge on any atom is -0.393 e. The lowest BCUT2D eigenvalue weighted by Crippen LogP contribution is -2.48. The van der Waals surface area contributed by atoms with Crippen molar-refractivity contribution in [2.45, 2.75) is 13.0 Å². The molecule has 1 aliphatic rings. The number of piperazine rings is 1. The largest absolute Gasteiger partial charge is 0.393 e. The van der Waals surface area contributed by atoms with Crippen LogP contribution in [0.4, 0.5) is 22.5 Å². The Morgan fingerprint density at radius 2 is 1.54 bits per heavy atom. The van der Waals surface area contributed by atoms with E-state index >= 15 is 0 Å². The zero-order valence-corrected chi connectivity index (χ0v) is 21.5. The molecule has 7 nitrogen and oxygen atoms in total. The minimum absolute atomic E-state index is 0.215. The van der Waals surface area contributed by atoms with E-state index in [0.717, 1.165) is 47.3 Å². The van der Waals surface area contributed by atoms with Crippen LogP contribution in [-0.2, 0) is 0 Å². The maximum atomic E-state index is 6.59. The van der Waals surface area contributed by atoms with Gasteiger partial charge in [0.25, 0.3) is 0 Å². The van der Waals surface area contributed by atoms with Crippen molar-refractivity contribution in [1.29, 1.82) is 0 Å². The van der Waals surface area contributed by atoms with Crippen molar-refractivity contribution < 1.29 is 0 Å². The lowest BCUT2D eigenvalue weighted by molar-refractivity contribution is 0.212. The Labute approximate surface area is 220 Å². The number of hydrogen-bond donors (Lipinski definition) is 2. The predicted octanol–water partition coefficient (Wildman–Crippen LogP) is 5.63. The van der Waals surface area contributed by atoms with E-state index in [-0.39, 0.29) is 6.04 Å². The molecule has 5 aromatic rings. The van der Waals surface area contributed by atoms with Crippen LogP contribution in [-0.4, -0.2) is 46.0 Å². The maximum absolute atomic E-state index is 6.59. The Morgan fingerprint density at radius 1 is 0.865 bits per heavy atom. The van der Waals surface area contributed by atoms with E-state index in [1.54, 1.807) is 17.7 Å². The number of nitrogens with two attached hydrogens (primary N) is 1. The van der Waals surface area contributed by atoms with E-state index in [1.807, 2.05) is 6.07 Å². The highest BCUT2D eigenvalue weighted by Crippen LogP contribution is 2.34. The first-order valence-corrected chi connectivity index (χ1v) is 13.3. The van der Waals surface area contributed by atoms with Gasteiger partial charge >= 0.3 is 0 Å². The molecular weight excluding hydrogens is 478 g/mol. The van der Waals surface area contributed by atoms with Crippen LogP contribution in [0.5, 0.6) is 0 Å². The van der Waals surface area contributed by atoms with Crippen molar-refractivity contribution in [2.24, 2.45) is 0 Å². The summed E-state index contributed by atoms with van der Waals surface area (Å²) < 4.78 is 1.14. The molecule has 0 aliphatic carbocycles. The first-order chi connectivity index (χ1) is 18.2. The van der Waals surface area contributed by atoms with Crippen LogP contribution in [0.25, 0.3) is 10.2 Å². The molecule has 0 atom stereocenters. The fraction of sp³-hybridized carbons (Fsp3) is 0.207. The van der Waals surface area contributed by atoms with E-state index in [2.05, 4.69) is 105 Å². The molecule has 186 valence electrons. The molecule has 0 spiro atoms. The second kappa shape index (κ2) is 10.2. The van der Waals surface area contributed by atoms with Crippen LogP contribution in [0, 0.1) is 6.92 Å². The number of nitrogens with zero attached hydrogens (tertiary/aromatic N) is 5. The summed E-state index contributed by atoms with van der Waals surface area (Å²) in [6.45, 7) is 5.55. The quantitative estimate of drug-likeness (QED) is 0.308. The lowest BCUT2D eigenvalue weighted by atomic mass is 9.96. The topological polar surface area (TPSA) is 83.2 Å². The van der Waals surface area contributed by atoms with Gasteiger partial charge in [0.15, 0.2) is 16.8 Å². The van der Waals surface area contributed by atoms with Gasteiger partial charge in [0.2, 0.25) is 0 Å². The highest BCUT2D eigenvalue weighted by Gasteiger charge is 2.28. The Kier molecular flexibility index (Phi) is 6.42. The summed E-state index contributed by atoms with van der Waals surface area (Å²) in [6.07, 6.45) is 1.58. The van der Waals surface area contributed by atoms with Gasteiger partial charge in [-0.05, 0) is 35.7 Å². The molecule has 0 bridgehead atoms. The van der Waals surface area contributed by atoms with E-state index in [0.29, 0.717) is 11.5 Å².